The standard InChI is InChI=1S/C20H20ClFN3O4PS/c1-10-4-5-14(22)16(11(10)2)12(3)17-19-29-20(26)24-30(19)31(27)18-15(8-13(21)9-23-18)28-7-6-25(17)31/h4-5,8-9,12,17H,6-7H2,1-3H3,(H,24,26)/t12-,17+,31?/m1/s1. The molecule has 0 saturated carbocycles. The number of aryl methyl sites for hydroxylation is 1. The molecule has 2 unspecified atom stereocenters. The zero-order chi connectivity index (χ0) is 22.1. The molecule has 5 rings (SSSR count). The van der Waals surface area contributed by atoms with Gasteiger partial charge in [0.05, 0.1) is 5.02 Å². The van der Waals surface area contributed by atoms with Gasteiger partial charge < -0.3 is 9.47 Å². The molecule has 164 valence electrons. The molecule has 4 atom stereocenters. The van der Waals surface area contributed by atoms with Crippen molar-refractivity contribution in [2.45, 2.75) is 37.8 Å². The van der Waals surface area contributed by atoms with Crippen molar-refractivity contribution in [2.75, 3.05) is 13.2 Å². The molecule has 3 aliphatic heterocycles. The Hall–Kier alpha value is -1.93. The molecule has 11 heteroatoms. The van der Waals surface area contributed by atoms with Crippen LogP contribution in [0.15, 0.2) is 29.4 Å². The number of carbonyl (C=O) groups is 1. The van der Waals surface area contributed by atoms with Gasteiger partial charge in [-0.15, -0.1) is 0 Å². The predicted octanol–water partition coefficient (Wildman–Crippen LogP) is 4.47. The van der Waals surface area contributed by atoms with Crippen molar-refractivity contribution in [1.82, 2.24) is 14.4 Å². The van der Waals surface area contributed by atoms with Gasteiger partial charge in [0.25, 0.3) is 0 Å². The van der Waals surface area contributed by atoms with Gasteiger partial charge in [-0.3, -0.25) is 0 Å². The number of benzene rings is 1. The lowest BCUT2D eigenvalue weighted by molar-refractivity contribution is 0.150. The average Bonchev–Trinajstić information content (AvgIpc) is 3.15. The van der Waals surface area contributed by atoms with E-state index in [1.165, 1.54) is 12.3 Å². The molecule has 1 aromatic carbocycles. The van der Waals surface area contributed by atoms with E-state index in [4.69, 9.17) is 21.1 Å². The molecule has 1 amide bonds. The fraction of sp³-hybridized carbons (Fsp3) is 0.350. The zero-order valence-corrected chi connectivity index (χ0v) is 19.5. The molecule has 2 aromatic rings. The van der Waals surface area contributed by atoms with Crippen LogP contribution in [0.3, 0.4) is 0 Å². The highest BCUT2D eigenvalue weighted by Crippen LogP contribution is 2.60. The first kappa shape index (κ1) is 20.9. The molecule has 3 aliphatic rings. The first-order chi connectivity index (χ1) is 14.7. The summed E-state index contributed by atoms with van der Waals surface area (Å²) < 4.78 is 42.7. The van der Waals surface area contributed by atoms with Crippen LogP contribution < -0.4 is 9.82 Å². The number of ether oxygens (including phenoxy) is 2. The number of nitrogens with one attached hydrogen (secondary N) is 1. The van der Waals surface area contributed by atoms with Crippen LogP contribution in [0.4, 0.5) is 9.18 Å². The van der Waals surface area contributed by atoms with Gasteiger partial charge in [-0.25, -0.2) is 22.7 Å². The SMILES string of the molecule is Cc1ccc(F)c([C@@H](C)[C@H]2[C-]3OC(=O)N[P+]3=S3(=O)c4ncc(Cl)cc4OCCN23)c1C. The number of hydrogen-bond donors (Lipinski definition) is 1. The number of pyridine rings is 1. The van der Waals surface area contributed by atoms with Crippen LogP contribution in [-0.4, -0.2) is 38.8 Å². The molecule has 1 saturated heterocycles. The van der Waals surface area contributed by atoms with Crippen LogP contribution in [0, 0.1) is 25.5 Å². The van der Waals surface area contributed by atoms with Gasteiger partial charge >= 0.3 is 6.09 Å². The third-order valence-electron chi connectivity index (χ3n) is 5.99. The topological polar surface area (TPSA) is 80.8 Å². The molecule has 0 radical (unpaired) electrons. The van der Waals surface area contributed by atoms with E-state index in [2.05, 4.69) is 10.1 Å². The smallest absolute Gasteiger partial charge is 0.415 e. The molecule has 1 fully saturated rings. The van der Waals surface area contributed by atoms with E-state index >= 15 is 0 Å². The van der Waals surface area contributed by atoms with Crippen molar-refractivity contribution in [3.8, 4) is 5.75 Å². The molecule has 0 bridgehead atoms. The summed E-state index contributed by atoms with van der Waals surface area (Å²) in [6.07, 6.45) is 0.761. The summed E-state index contributed by atoms with van der Waals surface area (Å²) in [7, 11) is -3.07. The summed E-state index contributed by atoms with van der Waals surface area (Å²) in [6.45, 7) is 4.47. The van der Waals surface area contributed by atoms with Crippen LogP contribution in [0.2, 0.25) is 5.02 Å². The number of aromatic nitrogens is 1. The lowest BCUT2D eigenvalue weighted by Gasteiger charge is -2.36. The highest BCUT2D eigenvalue weighted by atomic mass is 35.5. The Morgan fingerprint density at radius 1 is 1.45 bits per heavy atom. The number of halogens is 2. The maximum atomic E-state index is 15.0. The normalized spacial score (nSPS) is 27.5. The second-order valence-corrected chi connectivity index (χ2v) is 13.8. The minimum absolute atomic E-state index is 0.236. The fourth-order valence-corrected chi connectivity index (χ4v) is 12.1. The summed E-state index contributed by atoms with van der Waals surface area (Å²) in [4.78, 5) is 16.5. The number of hydrogen-bond acceptors (Lipinski definition) is 5. The molecular weight excluding hydrogens is 464 g/mol. The van der Waals surface area contributed by atoms with E-state index in [0.29, 0.717) is 28.7 Å². The Morgan fingerprint density at radius 2 is 2.23 bits per heavy atom. The number of rotatable bonds is 2. The van der Waals surface area contributed by atoms with Crippen molar-refractivity contribution in [2.24, 2.45) is 0 Å². The maximum Gasteiger partial charge on any atom is 0.415 e. The largest absolute Gasteiger partial charge is 0.563 e. The van der Waals surface area contributed by atoms with E-state index in [0.717, 1.165) is 11.1 Å². The number of nitrogens with zero attached hydrogens (tertiary/aromatic N) is 2. The molecule has 0 aliphatic carbocycles. The predicted molar refractivity (Wildman–Crippen MR) is 116 cm³/mol. The molecule has 1 N–H and O–H groups in total. The monoisotopic (exact) mass is 483 g/mol. The van der Waals surface area contributed by atoms with Gasteiger partial charge in [0.15, 0.2) is 12.6 Å². The Bertz CT molecular complexity index is 1250. The molecule has 4 heterocycles. The summed E-state index contributed by atoms with van der Waals surface area (Å²) >= 11 is 6.08. The van der Waals surface area contributed by atoms with E-state index < -0.39 is 34.2 Å². The number of amides is 1. The Kier molecular flexibility index (Phi) is 4.93. The van der Waals surface area contributed by atoms with Crippen LogP contribution >= 0.6 is 18.4 Å². The summed E-state index contributed by atoms with van der Waals surface area (Å²) in [5.41, 5.74) is 2.30. The van der Waals surface area contributed by atoms with Gasteiger partial charge in [-0.05, 0) is 48.6 Å². The van der Waals surface area contributed by atoms with Crippen molar-refractivity contribution in [1.29, 1.82) is 0 Å². The fourth-order valence-electron chi connectivity index (χ4n) is 4.45. The third kappa shape index (κ3) is 2.98. The van der Waals surface area contributed by atoms with Crippen molar-refractivity contribution in [3.05, 3.63) is 57.8 Å². The lowest BCUT2D eigenvalue weighted by atomic mass is 9.88. The third-order valence-corrected chi connectivity index (χ3v) is 13.1. The van der Waals surface area contributed by atoms with Crippen LogP contribution in [-0.2, 0) is 14.0 Å². The first-order valence-electron chi connectivity index (χ1n) is 9.74. The molecular formula is C20H20ClFN3O4PS. The minimum atomic E-state index is -3.07. The second kappa shape index (κ2) is 7.30. The molecule has 1 aromatic heterocycles. The average molecular weight is 484 g/mol. The quantitative estimate of drug-likeness (QED) is 0.503. The zero-order valence-electron chi connectivity index (χ0n) is 17.0. The first-order valence-corrected chi connectivity index (χ1v) is 13.6. The van der Waals surface area contributed by atoms with Crippen LogP contribution in [0.5, 0.6) is 5.75 Å². The maximum absolute atomic E-state index is 15.0. The summed E-state index contributed by atoms with van der Waals surface area (Å²) in [5, 5.41) is 3.34. The highest BCUT2D eigenvalue weighted by molar-refractivity contribution is 8.30. The molecule has 0 spiro atoms. The summed E-state index contributed by atoms with van der Waals surface area (Å²) in [5.74, 6) is -0.0472. The number of fused-ring (bicyclic) bond motifs is 4. The Morgan fingerprint density at radius 3 is 3.00 bits per heavy atom. The van der Waals surface area contributed by atoms with E-state index in [9.17, 15) is 13.4 Å². The molecule has 31 heavy (non-hydrogen) atoms. The van der Waals surface area contributed by atoms with Gasteiger partial charge in [-0.1, -0.05) is 24.6 Å². The van der Waals surface area contributed by atoms with Gasteiger partial charge in [0.1, 0.15) is 18.3 Å². The van der Waals surface area contributed by atoms with Crippen LogP contribution in [0.25, 0.3) is 0 Å². The Labute approximate surface area is 185 Å². The van der Waals surface area contributed by atoms with Crippen molar-refractivity contribution < 1.29 is 22.9 Å². The van der Waals surface area contributed by atoms with E-state index in [1.54, 1.807) is 16.4 Å². The van der Waals surface area contributed by atoms with Gasteiger partial charge in [0, 0.05) is 18.8 Å². The minimum Gasteiger partial charge on any atom is -0.563 e. The van der Waals surface area contributed by atoms with Crippen LogP contribution in [0.1, 0.15) is 29.5 Å². The van der Waals surface area contributed by atoms with Gasteiger partial charge in [-0.2, -0.15) is 5.09 Å². The van der Waals surface area contributed by atoms with Gasteiger partial charge in [0.2, 0.25) is 14.3 Å². The molecule has 7 nitrogen and oxygen atoms in total. The van der Waals surface area contributed by atoms with Crippen molar-refractivity contribution >= 4 is 33.8 Å². The Balaban J connectivity index is 1.72. The summed E-state index contributed by atoms with van der Waals surface area (Å²) in [6, 6.07) is 4.17. The van der Waals surface area contributed by atoms with E-state index in [1.807, 2.05) is 20.8 Å². The van der Waals surface area contributed by atoms with Crippen molar-refractivity contribution in [3.63, 3.8) is 0 Å². The lowest BCUT2D eigenvalue weighted by Crippen LogP contribution is -2.43. The number of carbonyl (C=O) groups excluding carboxylic acids is 1. The van der Waals surface area contributed by atoms with E-state index in [-0.39, 0.29) is 17.5 Å². The second-order valence-electron chi connectivity index (χ2n) is 7.71. The highest BCUT2D eigenvalue weighted by Gasteiger charge is 2.56.